The van der Waals surface area contributed by atoms with E-state index < -0.39 is 16.9 Å². The van der Waals surface area contributed by atoms with Gasteiger partial charge >= 0.3 is 0 Å². The van der Waals surface area contributed by atoms with Crippen molar-refractivity contribution in [2.24, 2.45) is 0 Å². The van der Waals surface area contributed by atoms with Gasteiger partial charge < -0.3 is 11.2 Å². The molecule has 164 valence electrons. The van der Waals surface area contributed by atoms with E-state index >= 15 is 0 Å². The first-order chi connectivity index (χ1) is 15.3. The summed E-state index contributed by atoms with van der Waals surface area (Å²) in [6.07, 6.45) is 0. The van der Waals surface area contributed by atoms with Crippen LogP contribution in [-0.2, 0) is 4.79 Å². The van der Waals surface area contributed by atoms with E-state index in [2.05, 4.69) is 20.5 Å². The lowest BCUT2D eigenvalue weighted by Gasteiger charge is -2.10. The van der Waals surface area contributed by atoms with Crippen LogP contribution in [-0.4, -0.2) is 31.0 Å². The highest BCUT2D eigenvalue weighted by molar-refractivity contribution is 8.00. The molecule has 0 fully saturated rings. The SMILES string of the molecule is CC(Sc1nnc(-c2ccc(F)cc2)n1N)C(=O)Nc1nc(-c2ccc(F)c(F)c2)cs1. The zero-order chi connectivity index (χ0) is 22.8. The fraction of sp³-hybridized carbons (Fsp3) is 0.100. The number of amides is 1. The molecule has 3 N–H and O–H groups in total. The van der Waals surface area contributed by atoms with E-state index in [9.17, 15) is 18.0 Å². The van der Waals surface area contributed by atoms with Crippen molar-refractivity contribution in [3.8, 4) is 22.6 Å². The number of halogens is 3. The molecule has 2 aromatic heterocycles. The fourth-order valence-corrected chi connectivity index (χ4v) is 4.18. The third-order valence-corrected chi connectivity index (χ3v) is 6.18. The smallest absolute Gasteiger partial charge is 0.239 e. The minimum atomic E-state index is -0.975. The van der Waals surface area contributed by atoms with Crippen LogP contribution in [0.5, 0.6) is 0 Å². The van der Waals surface area contributed by atoms with Crippen LogP contribution in [0.4, 0.5) is 18.3 Å². The van der Waals surface area contributed by atoms with Crippen molar-refractivity contribution < 1.29 is 18.0 Å². The Morgan fingerprint density at radius 1 is 1.09 bits per heavy atom. The predicted molar refractivity (Wildman–Crippen MR) is 117 cm³/mol. The van der Waals surface area contributed by atoms with Gasteiger partial charge in [-0.15, -0.1) is 21.5 Å². The molecule has 1 atom stereocenters. The van der Waals surface area contributed by atoms with Gasteiger partial charge in [0, 0.05) is 16.5 Å². The number of nitrogens with one attached hydrogen (secondary N) is 1. The molecular weight excluding hydrogens is 461 g/mol. The molecular formula is C20H15F3N6OS2. The number of aromatic nitrogens is 4. The van der Waals surface area contributed by atoms with E-state index in [1.165, 1.54) is 35.0 Å². The molecule has 0 aliphatic rings. The first-order valence-electron chi connectivity index (χ1n) is 9.16. The number of nitrogens with two attached hydrogens (primary N) is 1. The second-order valence-corrected chi connectivity index (χ2v) is 8.77. The minimum Gasteiger partial charge on any atom is -0.335 e. The van der Waals surface area contributed by atoms with E-state index in [1.807, 2.05) is 0 Å². The quantitative estimate of drug-likeness (QED) is 0.318. The molecule has 2 heterocycles. The molecule has 32 heavy (non-hydrogen) atoms. The Morgan fingerprint density at radius 3 is 2.53 bits per heavy atom. The Kier molecular flexibility index (Phi) is 6.15. The fourth-order valence-electron chi connectivity index (χ4n) is 2.69. The molecule has 0 spiro atoms. The molecule has 0 saturated carbocycles. The number of carbonyl (C=O) groups is 1. The number of hydrogen-bond donors (Lipinski definition) is 2. The largest absolute Gasteiger partial charge is 0.335 e. The molecule has 12 heteroatoms. The number of thioether (sulfide) groups is 1. The first kappa shape index (κ1) is 21.8. The average Bonchev–Trinajstić information content (AvgIpc) is 3.38. The summed E-state index contributed by atoms with van der Waals surface area (Å²) in [6, 6.07) is 9.10. The highest BCUT2D eigenvalue weighted by atomic mass is 32.2. The van der Waals surface area contributed by atoms with E-state index in [4.69, 9.17) is 5.84 Å². The van der Waals surface area contributed by atoms with Gasteiger partial charge in [0.15, 0.2) is 22.6 Å². The summed E-state index contributed by atoms with van der Waals surface area (Å²) in [7, 11) is 0. The van der Waals surface area contributed by atoms with E-state index in [0.29, 0.717) is 32.9 Å². The Balaban J connectivity index is 1.42. The molecule has 4 rings (SSSR count). The molecule has 0 aliphatic carbocycles. The normalized spacial score (nSPS) is 12.0. The van der Waals surface area contributed by atoms with Crippen molar-refractivity contribution in [3.05, 3.63) is 65.3 Å². The van der Waals surface area contributed by atoms with Gasteiger partial charge in [0.25, 0.3) is 0 Å². The van der Waals surface area contributed by atoms with Crippen molar-refractivity contribution in [3.63, 3.8) is 0 Å². The zero-order valence-corrected chi connectivity index (χ0v) is 18.1. The van der Waals surface area contributed by atoms with Crippen LogP contribution in [0.2, 0.25) is 0 Å². The van der Waals surface area contributed by atoms with Crippen molar-refractivity contribution in [2.75, 3.05) is 11.2 Å². The van der Waals surface area contributed by atoms with Crippen molar-refractivity contribution in [2.45, 2.75) is 17.3 Å². The molecule has 4 aromatic rings. The van der Waals surface area contributed by atoms with E-state index in [-0.39, 0.29) is 11.7 Å². The number of anilines is 1. The van der Waals surface area contributed by atoms with Gasteiger partial charge in [0.1, 0.15) is 5.82 Å². The summed E-state index contributed by atoms with van der Waals surface area (Å²) in [5.41, 5.74) is 1.39. The molecule has 1 unspecified atom stereocenters. The predicted octanol–water partition coefficient (Wildman–Crippen LogP) is 4.32. The van der Waals surface area contributed by atoms with E-state index in [1.54, 1.807) is 12.3 Å². The zero-order valence-electron chi connectivity index (χ0n) is 16.4. The van der Waals surface area contributed by atoms with Crippen LogP contribution in [0.3, 0.4) is 0 Å². The van der Waals surface area contributed by atoms with Gasteiger partial charge in [-0.1, -0.05) is 11.8 Å². The van der Waals surface area contributed by atoms with Crippen molar-refractivity contribution in [1.82, 2.24) is 19.9 Å². The molecule has 1 amide bonds. The van der Waals surface area contributed by atoms with Crippen LogP contribution in [0.25, 0.3) is 22.6 Å². The van der Waals surface area contributed by atoms with Gasteiger partial charge in [0.2, 0.25) is 11.1 Å². The summed E-state index contributed by atoms with van der Waals surface area (Å²) < 4.78 is 40.9. The third kappa shape index (κ3) is 4.60. The first-order valence-corrected chi connectivity index (χ1v) is 10.9. The van der Waals surface area contributed by atoms with E-state index in [0.717, 1.165) is 35.2 Å². The Morgan fingerprint density at radius 2 is 1.81 bits per heavy atom. The topological polar surface area (TPSA) is 98.7 Å². The number of nitrogen functional groups attached to an aromatic ring is 1. The summed E-state index contributed by atoms with van der Waals surface area (Å²) in [4.78, 5) is 16.8. The van der Waals surface area contributed by atoms with Crippen molar-refractivity contribution >= 4 is 34.1 Å². The molecule has 2 aromatic carbocycles. The standard InChI is InChI=1S/C20H15F3N6OS2/c1-10(32-20-28-27-17(29(20)24)11-2-5-13(21)6-3-11)18(30)26-19-25-16(9-31-19)12-4-7-14(22)15(23)8-12/h2-10H,24H2,1H3,(H,25,26,30). The number of hydrogen-bond acceptors (Lipinski definition) is 7. The second-order valence-electron chi connectivity index (χ2n) is 6.60. The molecule has 0 saturated heterocycles. The summed E-state index contributed by atoms with van der Waals surface area (Å²) in [6.45, 7) is 1.66. The number of rotatable bonds is 6. The molecule has 0 bridgehead atoms. The Hall–Kier alpha value is -3.38. The maximum atomic E-state index is 13.4. The lowest BCUT2D eigenvalue weighted by atomic mass is 10.2. The van der Waals surface area contributed by atoms with Gasteiger partial charge in [0.05, 0.1) is 10.9 Å². The number of benzene rings is 2. The van der Waals surface area contributed by atoms with Gasteiger partial charge in [-0.2, -0.15) is 0 Å². The summed E-state index contributed by atoms with van der Waals surface area (Å²) in [5, 5.41) is 12.3. The third-order valence-electron chi connectivity index (χ3n) is 4.37. The second kappa shape index (κ2) is 9.01. The summed E-state index contributed by atoms with van der Waals surface area (Å²) >= 11 is 2.24. The Bertz CT molecular complexity index is 1270. The van der Waals surface area contributed by atoms with Crippen molar-refractivity contribution in [1.29, 1.82) is 0 Å². The molecule has 0 radical (unpaired) electrons. The highest BCUT2D eigenvalue weighted by Gasteiger charge is 2.21. The van der Waals surface area contributed by atoms with Crippen LogP contribution in [0.15, 0.2) is 53.0 Å². The lowest BCUT2D eigenvalue weighted by molar-refractivity contribution is -0.115. The maximum absolute atomic E-state index is 13.4. The Labute approximate surface area is 188 Å². The van der Waals surface area contributed by atoms with Crippen LogP contribution in [0, 0.1) is 17.5 Å². The van der Waals surface area contributed by atoms with Crippen LogP contribution in [0.1, 0.15) is 6.92 Å². The molecule has 7 nitrogen and oxygen atoms in total. The number of thiazole rings is 1. The lowest BCUT2D eigenvalue weighted by Crippen LogP contribution is -2.23. The maximum Gasteiger partial charge on any atom is 0.239 e. The highest BCUT2D eigenvalue weighted by Crippen LogP contribution is 2.28. The molecule has 0 aliphatic heterocycles. The average molecular weight is 477 g/mol. The van der Waals surface area contributed by atoms with Gasteiger partial charge in [-0.3, -0.25) is 4.79 Å². The summed E-state index contributed by atoms with van der Waals surface area (Å²) in [5.74, 6) is 3.72. The van der Waals surface area contributed by atoms with Gasteiger partial charge in [-0.25, -0.2) is 22.8 Å². The monoisotopic (exact) mass is 476 g/mol. The van der Waals surface area contributed by atoms with Crippen LogP contribution >= 0.6 is 23.1 Å². The van der Waals surface area contributed by atoms with Crippen LogP contribution < -0.4 is 11.2 Å². The minimum absolute atomic E-state index is 0.300. The number of carbonyl (C=O) groups excluding carboxylic acids is 1. The number of nitrogens with zero attached hydrogens (tertiary/aromatic N) is 4. The van der Waals surface area contributed by atoms with Gasteiger partial charge in [-0.05, 0) is 49.4 Å².